The van der Waals surface area contributed by atoms with Crippen LogP contribution < -0.4 is 0 Å². The van der Waals surface area contributed by atoms with Crippen LogP contribution >= 0.6 is 0 Å². The Hall–Kier alpha value is -0.591. The van der Waals surface area contributed by atoms with E-state index in [-0.39, 0.29) is 28.0 Å². The van der Waals surface area contributed by atoms with Crippen molar-refractivity contribution in [3.05, 3.63) is 34.4 Å². The second-order valence-electron chi connectivity index (χ2n) is 13.8. The maximum absolute atomic E-state index is 14.5. The molecule has 5 heteroatoms. The summed E-state index contributed by atoms with van der Waals surface area (Å²) in [4.78, 5) is 14.5. The van der Waals surface area contributed by atoms with Gasteiger partial charge in [-0.25, -0.2) is 0 Å². The van der Waals surface area contributed by atoms with Crippen LogP contribution in [0.25, 0.3) is 0 Å². The van der Waals surface area contributed by atoms with E-state index in [0.717, 1.165) is 23.1 Å². The van der Waals surface area contributed by atoms with Crippen molar-refractivity contribution >= 4 is 24.3 Å². The minimum atomic E-state index is -2.99. The van der Waals surface area contributed by atoms with Crippen LogP contribution in [0.5, 0.6) is 0 Å². The summed E-state index contributed by atoms with van der Waals surface area (Å²) in [5, 5.41) is 0. The molecule has 4 nitrogen and oxygen atoms in total. The number of carbonyl (C=O) groups is 1. The van der Waals surface area contributed by atoms with Gasteiger partial charge in [-0.05, 0) is 0 Å². The molecule has 0 spiro atoms. The fraction of sp³-hybridized carbons (Fsp3) is 0.800. The van der Waals surface area contributed by atoms with Crippen molar-refractivity contribution in [2.24, 2.45) is 0 Å². The number of unbranched alkanes of at least 4 members (excludes halogenated alkanes) is 3. The fourth-order valence-corrected chi connectivity index (χ4v) is 23.5. The third-order valence-corrected chi connectivity index (χ3v) is 25.4. The summed E-state index contributed by atoms with van der Waals surface area (Å²) < 4.78 is 23.2. The predicted octanol–water partition coefficient (Wildman–Crippen LogP) is 10.5. The quantitative estimate of drug-likeness (QED) is 0.123. The van der Waals surface area contributed by atoms with E-state index in [4.69, 9.17) is 14.2 Å². The Kier molecular flexibility index (Phi) is 14.5. The van der Waals surface area contributed by atoms with Crippen molar-refractivity contribution in [3.8, 4) is 0 Å². The number of rotatable bonds is 17. The molecule has 1 aliphatic heterocycles. The molecule has 40 heavy (non-hydrogen) atoms. The molecule has 2 atom stereocenters. The SMILES string of the molecule is CCC[CH2][Sn]([CH2]CCC)([CH2]CCC)[C@H](C[C@@H]1COC(C)(C)O1)OC(=O)c1c(C(C)C)cc(C(C)C)cc1C(C)C. The standard InChI is InChI=1S/C23H35O4.3C4H9.Sn/c1-14(2)17-11-19(15(3)4)21(20(12-17)16(5)6)22(24)25-10-9-18-13-26-23(7,8)27-18;3*1-3-4-2;/h10-12,14-16,18H,9,13H2,1-8H3;3*1,3-4H2,2H3;/t18-;;;;/m1..../s1. The Balaban J connectivity index is 2.64. The Morgan fingerprint density at radius 2 is 1.35 bits per heavy atom. The maximum atomic E-state index is 14.5. The van der Waals surface area contributed by atoms with Gasteiger partial charge in [0, 0.05) is 0 Å². The van der Waals surface area contributed by atoms with Crippen LogP contribution in [-0.2, 0) is 14.2 Å². The van der Waals surface area contributed by atoms with Gasteiger partial charge in [0.25, 0.3) is 0 Å². The molecular formula is C35H62O4Sn. The van der Waals surface area contributed by atoms with E-state index >= 15 is 0 Å². The van der Waals surface area contributed by atoms with E-state index in [1.54, 1.807) is 0 Å². The molecule has 0 unspecified atom stereocenters. The third-order valence-electron chi connectivity index (χ3n) is 8.90. The van der Waals surface area contributed by atoms with Gasteiger partial charge in [-0.2, -0.15) is 0 Å². The Morgan fingerprint density at radius 1 is 0.875 bits per heavy atom. The van der Waals surface area contributed by atoms with E-state index < -0.39 is 24.2 Å². The molecule has 0 amide bonds. The fourth-order valence-electron chi connectivity index (χ4n) is 6.37. The molecule has 0 saturated carbocycles. The molecule has 0 bridgehead atoms. The molecule has 0 radical (unpaired) electrons. The summed E-state index contributed by atoms with van der Waals surface area (Å²) >= 11 is -2.99. The number of hydrogen-bond donors (Lipinski definition) is 0. The van der Waals surface area contributed by atoms with Gasteiger partial charge in [0.15, 0.2) is 0 Å². The Bertz CT molecular complexity index is 869. The van der Waals surface area contributed by atoms with Gasteiger partial charge in [0.05, 0.1) is 0 Å². The first-order valence-corrected chi connectivity index (χ1v) is 24.2. The van der Waals surface area contributed by atoms with Crippen LogP contribution in [0.2, 0.25) is 13.3 Å². The van der Waals surface area contributed by atoms with E-state index in [0.29, 0.717) is 12.5 Å². The van der Waals surface area contributed by atoms with Gasteiger partial charge in [0.1, 0.15) is 0 Å². The first-order valence-electron chi connectivity index (χ1n) is 16.5. The topological polar surface area (TPSA) is 44.8 Å². The number of hydrogen-bond acceptors (Lipinski definition) is 4. The summed E-state index contributed by atoms with van der Waals surface area (Å²) in [5.41, 5.74) is 4.40. The number of carbonyl (C=O) groups excluding carboxylic acids is 1. The molecular weight excluding hydrogens is 603 g/mol. The molecule has 1 aromatic carbocycles. The molecule has 0 aliphatic carbocycles. The normalized spacial score (nSPS) is 18.2. The van der Waals surface area contributed by atoms with Crippen LogP contribution in [-0.4, -0.2) is 47.0 Å². The summed E-state index contributed by atoms with van der Waals surface area (Å²) in [6, 6.07) is 4.54. The Labute approximate surface area is 251 Å². The molecule has 1 aliphatic rings. The van der Waals surface area contributed by atoms with Crippen LogP contribution in [0.4, 0.5) is 0 Å². The van der Waals surface area contributed by atoms with Crippen molar-refractivity contribution in [1.29, 1.82) is 0 Å². The molecule has 1 aromatic rings. The van der Waals surface area contributed by atoms with Crippen LogP contribution in [0.3, 0.4) is 0 Å². The third kappa shape index (κ3) is 9.72. The van der Waals surface area contributed by atoms with Crippen molar-refractivity contribution < 1.29 is 19.0 Å². The number of benzene rings is 1. The van der Waals surface area contributed by atoms with Crippen LogP contribution in [0.1, 0.15) is 166 Å². The summed E-state index contributed by atoms with van der Waals surface area (Å²) in [5.74, 6) is 0.236. The van der Waals surface area contributed by atoms with Crippen molar-refractivity contribution in [2.75, 3.05) is 6.61 Å². The van der Waals surface area contributed by atoms with Crippen LogP contribution in [0, 0.1) is 0 Å². The van der Waals surface area contributed by atoms with Gasteiger partial charge < -0.3 is 0 Å². The number of ether oxygens (including phenoxy) is 3. The van der Waals surface area contributed by atoms with E-state index in [9.17, 15) is 4.79 Å². The predicted molar refractivity (Wildman–Crippen MR) is 172 cm³/mol. The van der Waals surface area contributed by atoms with Crippen molar-refractivity contribution in [2.45, 2.75) is 168 Å². The zero-order chi connectivity index (χ0) is 30.1. The second kappa shape index (κ2) is 16.3. The Morgan fingerprint density at radius 3 is 1.70 bits per heavy atom. The summed E-state index contributed by atoms with van der Waals surface area (Å²) in [6.07, 6.45) is 8.05. The van der Waals surface area contributed by atoms with Crippen molar-refractivity contribution in [3.63, 3.8) is 0 Å². The molecule has 0 aromatic heterocycles. The summed E-state index contributed by atoms with van der Waals surface area (Å²) in [6.45, 7) is 24.8. The summed E-state index contributed by atoms with van der Waals surface area (Å²) in [7, 11) is 0. The number of esters is 1. The van der Waals surface area contributed by atoms with Crippen LogP contribution in [0.15, 0.2) is 12.1 Å². The van der Waals surface area contributed by atoms with Crippen molar-refractivity contribution in [1.82, 2.24) is 0 Å². The monoisotopic (exact) mass is 666 g/mol. The molecule has 0 N–H and O–H groups in total. The van der Waals surface area contributed by atoms with E-state index in [1.165, 1.54) is 57.4 Å². The minimum absolute atomic E-state index is 0.00116. The van der Waals surface area contributed by atoms with Gasteiger partial charge in [-0.3, -0.25) is 0 Å². The van der Waals surface area contributed by atoms with Gasteiger partial charge in [-0.1, -0.05) is 0 Å². The molecule has 230 valence electrons. The van der Waals surface area contributed by atoms with Gasteiger partial charge in [-0.15, -0.1) is 0 Å². The average Bonchev–Trinajstić information content (AvgIpc) is 3.24. The second-order valence-corrected chi connectivity index (χ2v) is 27.7. The zero-order valence-electron chi connectivity index (χ0n) is 28.0. The van der Waals surface area contributed by atoms with E-state index in [1.807, 2.05) is 13.8 Å². The van der Waals surface area contributed by atoms with E-state index in [2.05, 4.69) is 74.4 Å². The zero-order valence-corrected chi connectivity index (χ0v) is 30.8. The van der Waals surface area contributed by atoms with Gasteiger partial charge in [0.2, 0.25) is 0 Å². The average molecular weight is 666 g/mol. The molecule has 1 saturated heterocycles. The van der Waals surface area contributed by atoms with Gasteiger partial charge >= 0.3 is 253 Å². The first kappa shape index (κ1) is 35.6. The molecule has 2 rings (SSSR count). The molecule has 1 fully saturated rings. The molecule has 1 heterocycles. The first-order chi connectivity index (χ1) is 18.8.